The Labute approximate surface area is 271 Å². The molecule has 1 fully saturated rings. The van der Waals surface area contributed by atoms with Crippen molar-refractivity contribution in [3.05, 3.63) is 64.7 Å². The molecule has 4 rings (SSSR count). The van der Waals surface area contributed by atoms with E-state index in [4.69, 9.17) is 32.0 Å². The number of alkyl halides is 3. The Morgan fingerprint density at radius 1 is 0.979 bits per heavy atom. The molecule has 0 saturated heterocycles. The van der Waals surface area contributed by atoms with E-state index in [9.17, 15) is 27.6 Å². The molecule has 0 unspecified atom stereocenters. The summed E-state index contributed by atoms with van der Waals surface area (Å²) >= 11 is 5.99. The number of terminal acetylenes is 1. The van der Waals surface area contributed by atoms with E-state index >= 15 is 0 Å². The lowest BCUT2D eigenvalue weighted by molar-refractivity contribution is -0.154. The summed E-state index contributed by atoms with van der Waals surface area (Å²) in [7, 11) is 0. The second-order valence-corrected chi connectivity index (χ2v) is 9.86. The summed E-state index contributed by atoms with van der Waals surface area (Å²) in [6.07, 6.45) is 5.27. The summed E-state index contributed by atoms with van der Waals surface area (Å²) in [5, 5.41) is 18.5. The lowest BCUT2D eigenvalue weighted by Crippen LogP contribution is -2.37. The zero-order valence-corrected chi connectivity index (χ0v) is 25.3. The molecule has 1 aliphatic carbocycles. The lowest BCUT2D eigenvalue weighted by atomic mass is 10.1. The summed E-state index contributed by atoms with van der Waals surface area (Å²) in [6, 6.07) is 12.8. The van der Waals surface area contributed by atoms with E-state index < -0.39 is 36.1 Å². The lowest BCUT2D eigenvalue weighted by Gasteiger charge is -2.19. The fourth-order valence-electron chi connectivity index (χ4n) is 3.79. The van der Waals surface area contributed by atoms with E-state index in [2.05, 4.69) is 49.1 Å². The Bertz CT molecular complexity index is 1540. The summed E-state index contributed by atoms with van der Waals surface area (Å²) in [6.45, 7) is -1.44. The molecule has 1 aromatic heterocycles. The van der Waals surface area contributed by atoms with Crippen LogP contribution in [0.4, 0.5) is 30.8 Å². The zero-order chi connectivity index (χ0) is 35.0. The van der Waals surface area contributed by atoms with E-state index in [1.807, 2.05) is 12.1 Å². The summed E-state index contributed by atoms with van der Waals surface area (Å²) in [5.41, 5.74) is 6.02. The molecule has 3 aromatic rings. The van der Waals surface area contributed by atoms with Crippen LogP contribution in [0.25, 0.3) is 0 Å². The normalized spacial score (nSPS) is 12.4. The van der Waals surface area contributed by atoms with Crippen LogP contribution in [0.3, 0.4) is 0 Å². The minimum Gasteiger partial charge on any atom is -0.483 e. The average Bonchev–Trinajstić information content (AvgIpc) is 3.81. The molecule has 0 aliphatic heterocycles. The summed E-state index contributed by atoms with van der Waals surface area (Å²) in [4.78, 5) is 54.8. The highest BCUT2D eigenvalue weighted by molar-refractivity contribution is 6.34. The van der Waals surface area contributed by atoms with Crippen molar-refractivity contribution in [2.24, 2.45) is 5.73 Å². The van der Waals surface area contributed by atoms with Gasteiger partial charge in [0.2, 0.25) is 11.9 Å². The van der Waals surface area contributed by atoms with Crippen molar-refractivity contribution in [3.63, 3.8) is 0 Å². The maximum Gasteiger partial charge on any atom is 0.422 e. The number of nitrogens with zero attached hydrogens (tertiary/aromatic N) is 3. The molecule has 1 heterocycles. The number of hydrogen-bond acceptors (Lipinski definition) is 10. The van der Waals surface area contributed by atoms with Crippen LogP contribution in [0.2, 0.25) is 5.02 Å². The Kier molecular flexibility index (Phi) is 14.2. The molecule has 18 heteroatoms. The fraction of sp³-hybridized carbons (Fsp3) is 0.276. The van der Waals surface area contributed by atoms with E-state index in [0.29, 0.717) is 22.7 Å². The van der Waals surface area contributed by atoms with Crippen molar-refractivity contribution in [3.8, 4) is 18.9 Å². The molecule has 7 N–H and O–H groups in total. The van der Waals surface area contributed by atoms with Gasteiger partial charge in [0, 0.05) is 29.4 Å². The number of carboxylic acid groups (broad SMARTS) is 1. The number of rotatable bonds is 12. The first-order chi connectivity index (χ1) is 22.3. The van der Waals surface area contributed by atoms with Crippen molar-refractivity contribution in [1.29, 1.82) is 0 Å². The van der Waals surface area contributed by atoms with Crippen LogP contribution in [0, 0.1) is 12.8 Å². The monoisotopic (exact) mass is 678 g/mol. The fourth-order valence-corrected chi connectivity index (χ4v) is 3.91. The minimum absolute atomic E-state index is 0.0140. The molecule has 0 radical (unpaired) electrons. The number of nitrogens with one attached hydrogen (secondary N) is 4. The first-order valence-electron chi connectivity index (χ1n) is 13.5. The van der Waals surface area contributed by atoms with Gasteiger partial charge in [0.25, 0.3) is 12.4 Å². The maximum absolute atomic E-state index is 12.8. The standard InChI is InChI=1S/C26H26ClF3N8O4.C2H2.CH2O2/c27-17-6-4-16(5-7-17)25(10-11-25)38-23-35-22(36-24(37-23)42-14-26(28,29)30)34-18-8-2-15(3-9-18)20(40)32-12-1-13-33-21(41)19(31)39;1-2;2-1-3/h2-9H,1,10-14H2,(H2,31,39)(H,32,40)(H,33,41)(H2,34,35,36,37,38);1-2H;1H,(H,2,3). The molecule has 0 bridgehead atoms. The van der Waals surface area contributed by atoms with Crippen molar-refractivity contribution in [2.45, 2.75) is 31.0 Å². The molecule has 2 aromatic carbocycles. The van der Waals surface area contributed by atoms with Gasteiger partial charge in [-0.15, -0.1) is 12.8 Å². The molecule has 250 valence electrons. The van der Waals surface area contributed by atoms with E-state index in [-0.39, 0.29) is 37.4 Å². The van der Waals surface area contributed by atoms with Gasteiger partial charge < -0.3 is 36.8 Å². The first-order valence-corrected chi connectivity index (χ1v) is 13.9. The molecule has 1 saturated carbocycles. The number of carbonyl (C=O) groups excluding carboxylic acids is 3. The van der Waals surface area contributed by atoms with Crippen LogP contribution in [-0.4, -0.2) is 70.1 Å². The number of carbonyl (C=O) groups is 4. The second kappa shape index (κ2) is 17.8. The summed E-state index contributed by atoms with van der Waals surface area (Å²) in [5.74, 6) is -2.44. The molecular formula is C29H30ClF3N8O6. The number of anilines is 3. The number of benzene rings is 2. The van der Waals surface area contributed by atoms with E-state index in [0.717, 1.165) is 18.4 Å². The average molecular weight is 679 g/mol. The first kappa shape index (κ1) is 37.6. The molecule has 0 atom stereocenters. The predicted octanol–water partition coefficient (Wildman–Crippen LogP) is 2.98. The van der Waals surface area contributed by atoms with Crippen molar-refractivity contribution in [1.82, 2.24) is 25.6 Å². The SMILES string of the molecule is C#C.NC(=O)C(=O)NCCCNC(=O)c1ccc(Nc2nc(NC3(c4ccc(Cl)cc4)CC3)nc(OCC(F)(F)F)n2)cc1.O=CO. The van der Waals surface area contributed by atoms with E-state index in [1.54, 1.807) is 24.3 Å². The number of nitrogens with two attached hydrogens (primary N) is 1. The van der Waals surface area contributed by atoms with Crippen LogP contribution < -0.4 is 31.7 Å². The van der Waals surface area contributed by atoms with Gasteiger partial charge in [-0.2, -0.15) is 28.1 Å². The number of hydrogen-bond donors (Lipinski definition) is 6. The van der Waals surface area contributed by atoms with Crippen LogP contribution in [0.5, 0.6) is 6.01 Å². The largest absolute Gasteiger partial charge is 0.483 e. The minimum atomic E-state index is -4.59. The van der Waals surface area contributed by atoms with Gasteiger partial charge in [-0.3, -0.25) is 19.2 Å². The molecule has 1 aliphatic rings. The van der Waals surface area contributed by atoms with Crippen LogP contribution in [-0.2, 0) is 19.9 Å². The van der Waals surface area contributed by atoms with Gasteiger partial charge in [-0.25, -0.2) is 0 Å². The van der Waals surface area contributed by atoms with Crippen LogP contribution >= 0.6 is 11.6 Å². The number of halogens is 4. The summed E-state index contributed by atoms with van der Waals surface area (Å²) < 4.78 is 43.2. The quantitative estimate of drug-likeness (QED) is 0.0710. The van der Waals surface area contributed by atoms with Gasteiger partial charge in [-0.1, -0.05) is 23.7 Å². The van der Waals surface area contributed by atoms with Gasteiger partial charge >= 0.3 is 24.0 Å². The molecular weight excluding hydrogens is 649 g/mol. The number of amides is 3. The zero-order valence-electron chi connectivity index (χ0n) is 24.5. The second-order valence-electron chi connectivity index (χ2n) is 9.42. The van der Waals surface area contributed by atoms with Crippen molar-refractivity contribution >= 4 is 53.4 Å². The van der Waals surface area contributed by atoms with Gasteiger partial charge in [-0.05, 0) is 61.2 Å². The third-order valence-electron chi connectivity index (χ3n) is 6.03. The van der Waals surface area contributed by atoms with Crippen molar-refractivity contribution < 1.29 is 42.2 Å². The number of primary amides is 1. The molecule has 3 amide bonds. The van der Waals surface area contributed by atoms with Crippen LogP contribution in [0.15, 0.2) is 48.5 Å². The van der Waals surface area contributed by atoms with Gasteiger partial charge in [0.15, 0.2) is 6.61 Å². The smallest absolute Gasteiger partial charge is 0.422 e. The molecule has 0 spiro atoms. The van der Waals surface area contributed by atoms with Crippen LogP contribution in [0.1, 0.15) is 35.2 Å². The highest BCUT2D eigenvalue weighted by Crippen LogP contribution is 2.48. The maximum atomic E-state index is 12.8. The van der Waals surface area contributed by atoms with Gasteiger partial charge in [0.1, 0.15) is 0 Å². The van der Waals surface area contributed by atoms with Crippen molar-refractivity contribution in [2.75, 3.05) is 30.3 Å². The topological polar surface area (TPSA) is 211 Å². The highest BCUT2D eigenvalue weighted by atomic mass is 35.5. The van der Waals surface area contributed by atoms with Gasteiger partial charge in [0.05, 0.1) is 5.54 Å². The Morgan fingerprint density at radius 2 is 1.55 bits per heavy atom. The number of aromatic nitrogens is 3. The van der Waals surface area contributed by atoms with E-state index in [1.165, 1.54) is 12.1 Å². The Balaban J connectivity index is 0.00000145. The highest BCUT2D eigenvalue weighted by Gasteiger charge is 2.45. The third-order valence-corrected chi connectivity index (χ3v) is 6.28. The third kappa shape index (κ3) is 12.7. The molecule has 14 nitrogen and oxygen atoms in total. The Hall–Kier alpha value is -5.63. The number of ether oxygens (including phenoxy) is 1. The molecule has 47 heavy (non-hydrogen) atoms. The Morgan fingerprint density at radius 3 is 2.11 bits per heavy atom. The predicted molar refractivity (Wildman–Crippen MR) is 165 cm³/mol.